The Morgan fingerprint density at radius 2 is 1.60 bits per heavy atom. The average molecular weight is 411 g/mol. The van der Waals surface area contributed by atoms with Gasteiger partial charge in [-0.05, 0) is 84.7 Å². The molecule has 0 saturated carbocycles. The number of allylic oxidation sites excluding steroid dienone is 1. The lowest BCUT2D eigenvalue weighted by molar-refractivity contribution is 0.104. The second-order valence-electron chi connectivity index (χ2n) is 7.86. The van der Waals surface area contributed by atoms with E-state index in [1.54, 1.807) is 18.2 Å². The number of hydrogen-bond donors (Lipinski definition) is 2. The van der Waals surface area contributed by atoms with Crippen LogP contribution in [0, 0.1) is 0 Å². The third-order valence-electron chi connectivity index (χ3n) is 5.64. The molecule has 0 saturated heterocycles. The fourth-order valence-corrected chi connectivity index (χ4v) is 3.30. The molecule has 2 N–H and O–H groups in total. The molecular weight excluding hydrogens is 376 g/mol. The highest BCUT2D eigenvalue weighted by Crippen LogP contribution is 2.43. The van der Waals surface area contributed by atoms with E-state index < -0.39 is 0 Å². The zero-order chi connectivity index (χ0) is 22.3. The second-order valence-corrected chi connectivity index (χ2v) is 7.86. The summed E-state index contributed by atoms with van der Waals surface area (Å²) in [5.41, 5.74) is 2.98. The molecule has 2 unspecified atom stereocenters. The van der Waals surface area contributed by atoms with Crippen molar-refractivity contribution < 1.29 is 19.7 Å². The number of rotatable bonds is 10. The van der Waals surface area contributed by atoms with E-state index in [1.165, 1.54) is 18.2 Å². The summed E-state index contributed by atoms with van der Waals surface area (Å²) >= 11 is 0. The Labute approximate surface area is 180 Å². The molecule has 0 heterocycles. The molecule has 0 radical (unpaired) electrons. The minimum atomic E-state index is -0.199. The van der Waals surface area contributed by atoms with Gasteiger partial charge in [0.15, 0.2) is 5.78 Å². The van der Waals surface area contributed by atoms with Crippen LogP contribution in [0.15, 0.2) is 36.4 Å². The molecule has 0 amide bonds. The minimum Gasteiger partial charge on any atom is -0.508 e. The maximum Gasteiger partial charge on any atom is 0.185 e. The first kappa shape index (κ1) is 23.5. The summed E-state index contributed by atoms with van der Waals surface area (Å²) in [6, 6.07) is 8.20. The van der Waals surface area contributed by atoms with Gasteiger partial charge >= 0.3 is 0 Å². The summed E-state index contributed by atoms with van der Waals surface area (Å²) in [6.07, 6.45) is 5.82. The van der Waals surface area contributed by atoms with Crippen molar-refractivity contribution in [2.75, 3.05) is 6.61 Å². The molecule has 4 nitrogen and oxygen atoms in total. The average Bonchev–Trinajstić information content (AvgIpc) is 2.76. The van der Waals surface area contributed by atoms with Crippen LogP contribution in [0.4, 0.5) is 0 Å². The van der Waals surface area contributed by atoms with Crippen LogP contribution in [0.25, 0.3) is 6.08 Å². The van der Waals surface area contributed by atoms with E-state index in [-0.39, 0.29) is 29.1 Å². The lowest BCUT2D eigenvalue weighted by Crippen LogP contribution is -2.07. The Morgan fingerprint density at radius 3 is 2.17 bits per heavy atom. The van der Waals surface area contributed by atoms with Crippen molar-refractivity contribution in [2.45, 2.75) is 65.7 Å². The van der Waals surface area contributed by atoms with Gasteiger partial charge in [0.05, 0.1) is 12.2 Å². The molecule has 2 aromatic rings. The molecule has 162 valence electrons. The highest BCUT2D eigenvalue weighted by molar-refractivity contribution is 6.07. The van der Waals surface area contributed by atoms with Crippen LogP contribution in [-0.2, 0) is 0 Å². The first-order chi connectivity index (χ1) is 14.3. The van der Waals surface area contributed by atoms with Crippen LogP contribution >= 0.6 is 0 Å². The number of carbonyl (C=O) groups excluding carboxylic acids is 1. The first-order valence-electron chi connectivity index (χ1n) is 10.9. The maximum atomic E-state index is 12.6. The maximum absolute atomic E-state index is 12.6. The quantitative estimate of drug-likeness (QED) is 0.333. The Balaban J connectivity index is 2.60. The molecule has 0 aliphatic rings. The SMILES string of the molecule is CCCOc1c(C(C)CC)cc(C(C)CC)c(O)c1C=CC(=O)c1ccc(O)cc1. The number of aromatic hydroxyl groups is 2. The molecule has 0 bridgehead atoms. The topological polar surface area (TPSA) is 66.8 Å². The van der Waals surface area contributed by atoms with Crippen LogP contribution in [-0.4, -0.2) is 22.6 Å². The molecule has 0 aromatic heterocycles. The van der Waals surface area contributed by atoms with Gasteiger partial charge in [-0.15, -0.1) is 0 Å². The molecule has 2 aromatic carbocycles. The number of hydrogen-bond acceptors (Lipinski definition) is 4. The van der Waals surface area contributed by atoms with E-state index in [0.29, 0.717) is 23.5 Å². The van der Waals surface area contributed by atoms with E-state index in [9.17, 15) is 15.0 Å². The number of benzene rings is 2. The molecule has 0 fully saturated rings. The monoisotopic (exact) mass is 410 g/mol. The number of ether oxygens (including phenoxy) is 1. The van der Waals surface area contributed by atoms with Crippen LogP contribution in [0.5, 0.6) is 17.2 Å². The number of phenolic OH excluding ortho intramolecular Hbond substituents is 2. The largest absolute Gasteiger partial charge is 0.508 e. The Bertz CT molecular complexity index is 881. The van der Waals surface area contributed by atoms with Gasteiger partial charge in [0.25, 0.3) is 0 Å². The Kier molecular flexibility index (Phi) is 8.52. The van der Waals surface area contributed by atoms with Gasteiger partial charge in [0.1, 0.15) is 17.2 Å². The molecule has 30 heavy (non-hydrogen) atoms. The van der Waals surface area contributed by atoms with Gasteiger partial charge < -0.3 is 14.9 Å². The van der Waals surface area contributed by atoms with E-state index in [1.807, 2.05) is 6.92 Å². The smallest absolute Gasteiger partial charge is 0.185 e. The fourth-order valence-electron chi connectivity index (χ4n) is 3.30. The predicted molar refractivity (Wildman–Crippen MR) is 123 cm³/mol. The van der Waals surface area contributed by atoms with Crippen molar-refractivity contribution in [1.82, 2.24) is 0 Å². The summed E-state index contributed by atoms with van der Waals surface area (Å²) in [6.45, 7) is 11.1. The van der Waals surface area contributed by atoms with E-state index in [4.69, 9.17) is 4.74 Å². The molecule has 0 aliphatic carbocycles. The van der Waals surface area contributed by atoms with Crippen LogP contribution < -0.4 is 4.74 Å². The summed E-state index contributed by atoms with van der Waals surface area (Å²) in [5, 5.41) is 20.5. The molecule has 2 atom stereocenters. The van der Waals surface area contributed by atoms with Crippen molar-refractivity contribution in [1.29, 1.82) is 0 Å². The van der Waals surface area contributed by atoms with E-state index in [0.717, 1.165) is 30.4 Å². The van der Waals surface area contributed by atoms with Crippen LogP contribution in [0.2, 0.25) is 0 Å². The van der Waals surface area contributed by atoms with Gasteiger partial charge in [0.2, 0.25) is 0 Å². The van der Waals surface area contributed by atoms with Crippen molar-refractivity contribution in [3.05, 3.63) is 58.7 Å². The summed E-state index contributed by atoms with van der Waals surface area (Å²) in [7, 11) is 0. The molecule has 2 rings (SSSR count). The molecule has 0 aliphatic heterocycles. The fraction of sp³-hybridized carbons (Fsp3) is 0.423. The third kappa shape index (κ3) is 5.44. The Morgan fingerprint density at radius 1 is 1.00 bits per heavy atom. The summed E-state index contributed by atoms with van der Waals surface area (Å²) in [4.78, 5) is 12.6. The summed E-state index contributed by atoms with van der Waals surface area (Å²) < 4.78 is 6.09. The second kappa shape index (κ2) is 10.9. The van der Waals surface area contributed by atoms with Crippen molar-refractivity contribution in [3.63, 3.8) is 0 Å². The van der Waals surface area contributed by atoms with Crippen molar-refractivity contribution in [2.24, 2.45) is 0 Å². The Hall–Kier alpha value is -2.75. The lowest BCUT2D eigenvalue weighted by atomic mass is 9.87. The number of phenols is 2. The molecule has 4 heteroatoms. The van der Waals surface area contributed by atoms with Gasteiger partial charge in [-0.25, -0.2) is 0 Å². The predicted octanol–water partition coefficient (Wildman–Crippen LogP) is 6.81. The lowest BCUT2D eigenvalue weighted by Gasteiger charge is -2.23. The summed E-state index contributed by atoms with van der Waals surface area (Å²) in [5.74, 6) is 1.20. The van der Waals surface area contributed by atoms with E-state index >= 15 is 0 Å². The van der Waals surface area contributed by atoms with Gasteiger partial charge in [0, 0.05) is 5.56 Å². The highest BCUT2D eigenvalue weighted by atomic mass is 16.5. The number of carbonyl (C=O) groups is 1. The van der Waals surface area contributed by atoms with Crippen molar-refractivity contribution in [3.8, 4) is 17.2 Å². The highest BCUT2D eigenvalue weighted by Gasteiger charge is 2.22. The first-order valence-corrected chi connectivity index (χ1v) is 10.9. The molecule has 0 spiro atoms. The standard InChI is InChI=1S/C26H34O4/c1-6-15-30-26-21(13-14-24(28)19-9-11-20(27)12-10-19)25(29)22(17(4)7-2)16-23(26)18(5)8-3/h9-14,16-18,27,29H,6-8,15H2,1-5H3. The zero-order valence-electron chi connectivity index (χ0n) is 18.7. The van der Waals surface area contributed by atoms with Gasteiger partial charge in [-0.2, -0.15) is 0 Å². The zero-order valence-corrected chi connectivity index (χ0v) is 18.7. The minimum absolute atomic E-state index is 0.114. The van der Waals surface area contributed by atoms with Crippen molar-refractivity contribution >= 4 is 11.9 Å². The third-order valence-corrected chi connectivity index (χ3v) is 5.64. The normalized spacial score (nSPS) is 13.4. The van der Waals surface area contributed by atoms with Crippen LogP contribution in [0.3, 0.4) is 0 Å². The van der Waals surface area contributed by atoms with Gasteiger partial charge in [-0.1, -0.05) is 34.6 Å². The number of ketones is 1. The van der Waals surface area contributed by atoms with E-state index in [2.05, 4.69) is 33.8 Å². The van der Waals surface area contributed by atoms with Crippen LogP contribution in [0.1, 0.15) is 92.8 Å². The van der Waals surface area contributed by atoms with Gasteiger partial charge in [-0.3, -0.25) is 4.79 Å². The molecular formula is C26H34O4.